The predicted molar refractivity (Wildman–Crippen MR) is 113 cm³/mol. The number of rotatable bonds is 7. The molecule has 1 amide bonds. The fourth-order valence-corrected chi connectivity index (χ4v) is 3.26. The second-order valence-electron chi connectivity index (χ2n) is 6.82. The van der Waals surface area contributed by atoms with Gasteiger partial charge in [0.25, 0.3) is 0 Å². The predicted octanol–water partition coefficient (Wildman–Crippen LogP) is 2.71. The van der Waals surface area contributed by atoms with Crippen molar-refractivity contribution in [2.24, 2.45) is 0 Å². The maximum atomic E-state index is 11.6. The highest BCUT2D eigenvalue weighted by atomic mass is 16.5. The smallest absolute Gasteiger partial charge is 0.246 e. The first-order valence-corrected chi connectivity index (χ1v) is 10.1. The number of hydrogen-bond donors (Lipinski definition) is 2. The second-order valence-corrected chi connectivity index (χ2v) is 6.82. The van der Waals surface area contributed by atoms with Crippen molar-refractivity contribution >= 4 is 22.6 Å². The summed E-state index contributed by atoms with van der Waals surface area (Å²) in [5.41, 5.74) is 7.99. The number of nitrogens with zero attached hydrogens (tertiary/aromatic N) is 2. The Morgan fingerprint density at radius 1 is 1.14 bits per heavy atom. The number of carbonyl (C=O) groups excluding carboxylic acids is 1. The zero-order valence-corrected chi connectivity index (χ0v) is 17.5. The van der Waals surface area contributed by atoms with E-state index in [4.69, 9.17) is 19.9 Å². The van der Waals surface area contributed by atoms with Crippen molar-refractivity contribution in [2.45, 2.75) is 51.7 Å². The van der Waals surface area contributed by atoms with Crippen molar-refractivity contribution < 1.29 is 19.0 Å². The van der Waals surface area contributed by atoms with Crippen LogP contribution in [0.25, 0.3) is 11.0 Å². The first-order chi connectivity index (χ1) is 14.1. The summed E-state index contributed by atoms with van der Waals surface area (Å²) in [5.74, 6) is 0.601. The standard InChI is InChI=1S/C17H22N4O3.C4H10O/c1-23-10-16(22)21-12-2-4-13(5-3-12)24-15-9-11(18)8-14-17(15)20-7-6-19-14;1-3-5-4-2/h6-9,12-13H,2-5,10,18H2,1H3,(H,21,22);3-4H2,1-2H3. The minimum Gasteiger partial charge on any atom is -0.488 e. The highest BCUT2D eigenvalue weighted by Gasteiger charge is 2.24. The number of nitrogens with one attached hydrogen (secondary N) is 1. The van der Waals surface area contributed by atoms with Gasteiger partial charge in [-0.2, -0.15) is 0 Å². The van der Waals surface area contributed by atoms with Crippen LogP contribution in [0.4, 0.5) is 5.69 Å². The quantitative estimate of drug-likeness (QED) is 0.683. The maximum Gasteiger partial charge on any atom is 0.246 e. The van der Waals surface area contributed by atoms with Crippen LogP contribution in [0.5, 0.6) is 5.75 Å². The number of benzene rings is 1. The van der Waals surface area contributed by atoms with Crippen LogP contribution in [0, 0.1) is 0 Å². The molecule has 1 aromatic carbocycles. The van der Waals surface area contributed by atoms with E-state index < -0.39 is 0 Å². The third-order valence-electron chi connectivity index (χ3n) is 4.58. The largest absolute Gasteiger partial charge is 0.488 e. The number of anilines is 1. The van der Waals surface area contributed by atoms with E-state index in [-0.39, 0.29) is 24.7 Å². The fraction of sp³-hybridized carbons (Fsp3) is 0.571. The van der Waals surface area contributed by atoms with Gasteiger partial charge in [0.15, 0.2) is 0 Å². The zero-order chi connectivity index (χ0) is 21.1. The highest BCUT2D eigenvalue weighted by Crippen LogP contribution is 2.30. The molecule has 8 heteroatoms. The van der Waals surface area contributed by atoms with Gasteiger partial charge >= 0.3 is 0 Å². The molecule has 1 heterocycles. The van der Waals surface area contributed by atoms with Crippen LogP contribution in [0.3, 0.4) is 0 Å². The minimum absolute atomic E-state index is 0.0704. The Hall–Kier alpha value is -2.45. The van der Waals surface area contributed by atoms with E-state index in [1.165, 1.54) is 7.11 Å². The molecule has 1 aromatic heterocycles. The van der Waals surface area contributed by atoms with Crippen molar-refractivity contribution in [3.05, 3.63) is 24.5 Å². The van der Waals surface area contributed by atoms with Crippen molar-refractivity contribution in [3.8, 4) is 5.75 Å². The van der Waals surface area contributed by atoms with Gasteiger partial charge in [-0.15, -0.1) is 0 Å². The van der Waals surface area contributed by atoms with Crippen molar-refractivity contribution in [3.63, 3.8) is 0 Å². The monoisotopic (exact) mass is 404 g/mol. The minimum atomic E-state index is -0.0704. The SMILES string of the molecule is CCOCC.COCC(=O)NC1CCC(Oc2cc(N)cc3nccnc23)CC1. The molecule has 0 atom stereocenters. The molecule has 0 saturated heterocycles. The van der Waals surface area contributed by atoms with Gasteiger partial charge in [-0.1, -0.05) is 0 Å². The molecule has 1 aliphatic rings. The number of ether oxygens (including phenoxy) is 3. The average molecular weight is 405 g/mol. The Morgan fingerprint density at radius 2 is 1.83 bits per heavy atom. The van der Waals surface area contributed by atoms with Gasteiger partial charge in [0, 0.05) is 50.5 Å². The van der Waals surface area contributed by atoms with Gasteiger partial charge in [0.05, 0.1) is 11.6 Å². The third-order valence-corrected chi connectivity index (χ3v) is 4.58. The summed E-state index contributed by atoms with van der Waals surface area (Å²) in [5, 5.41) is 2.98. The van der Waals surface area contributed by atoms with Crippen molar-refractivity contribution in [1.29, 1.82) is 0 Å². The molecule has 0 aliphatic heterocycles. The summed E-state index contributed by atoms with van der Waals surface area (Å²) in [6.07, 6.45) is 6.88. The number of carbonyl (C=O) groups is 1. The van der Waals surface area contributed by atoms with Crippen LogP contribution in [-0.4, -0.2) is 55.0 Å². The van der Waals surface area contributed by atoms with E-state index in [0.29, 0.717) is 11.4 Å². The van der Waals surface area contributed by atoms with Crippen LogP contribution in [0.2, 0.25) is 0 Å². The molecular weight excluding hydrogens is 372 g/mol. The van der Waals surface area contributed by atoms with Crippen LogP contribution >= 0.6 is 0 Å². The van der Waals surface area contributed by atoms with E-state index in [1.807, 2.05) is 13.8 Å². The van der Waals surface area contributed by atoms with Gasteiger partial charge < -0.3 is 25.3 Å². The zero-order valence-electron chi connectivity index (χ0n) is 17.5. The molecule has 29 heavy (non-hydrogen) atoms. The number of nitrogen functional groups attached to an aromatic ring is 1. The maximum absolute atomic E-state index is 11.6. The van der Waals surface area contributed by atoms with Crippen LogP contribution in [0.15, 0.2) is 24.5 Å². The summed E-state index contributed by atoms with van der Waals surface area (Å²) in [6.45, 7) is 5.77. The number of aromatic nitrogens is 2. The summed E-state index contributed by atoms with van der Waals surface area (Å²) < 4.78 is 15.8. The molecule has 160 valence electrons. The molecule has 8 nitrogen and oxygen atoms in total. The number of nitrogens with two attached hydrogens (primary N) is 1. The molecule has 3 rings (SSSR count). The van der Waals surface area contributed by atoms with Crippen molar-refractivity contribution in [1.82, 2.24) is 15.3 Å². The lowest BCUT2D eigenvalue weighted by Crippen LogP contribution is -2.41. The van der Waals surface area contributed by atoms with Crippen LogP contribution in [0.1, 0.15) is 39.5 Å². The topological polar surface area (TPSA) is 109 Å². The Balaban J connectivity index is 0.000000537. The van der Waals surface area contributed by atoms with Crippen LogP contribution < -0.4 is 15.8 Å². The Bertz CT molecular complexity index is 761. The molecule has 3 N–H and O–H groups in total. The summed E-state index contributed by atoms with van der Waals surface area (Å²) >= 11 is 0. The lowest BCUT2D eigenvalue weighted by Gasteiger charge is -2.29. The van der Waals surface area contributed by atoms with Gasteiger partial charge in [-0.25, -0.2) is 4.98 Å². The number of fused-ring (bicyclic) bond motifs is 1. The van der Waals surface area contributed by atoms with Crippen molar-refractivity contribution in [2.75, 3.05) is 32.7 Å². The molecule has 0 unspecified atom stereocenters. The fourth-order valence-electron chi connectivity index (χ4n) is 3.26. The molecule has 0 spiro atoms. The number of methoxy groups -OCH3 is 1. The molecule has 0 bridgehead atoms. The Morgan fingerprint density at radius 3 is 2.45 bits per heavy atom. The van der Waals surface area contributed by atoms with E-state index in [0.717, 1.165) is 49.9 Å². The number of hydrogen-bond acceptors (Lipinski definition) is 7. The van der Waals surface area contributed by atoms with Gasteiger partial charge in [0.1, 0.15) is 17.9 Å². The van der Waals surface area contributed by atoms with Gasteiger partial charge in [-0.05, 0) is 45.6 Å². The summed E-state index contributed by atoms with van der Waals surface area (Å²) in [6, 6.07) is 3.77. The molecule has 2 aromatic rings. The summed E-state index contributed by atoms with van der Waals surface area (Å²) in [7, 11) is 1.52. The van der Waals surface area contributed by atoms with Gasteiger partial charge in [0.2, 0.25) is 5.91 Å². The average Bonchev–Trinajstić information content (AvgIpc) is 2.70. The Labute approximate surface area is 172 Å². The highest BCUT2D eigenvalue weighted by molar-refractivity contribution is 5.84. The third kappa shape index (κ3) is 7.47. The lowest BCUT2D eigenvalue weighted by atomic mass is 9.93. The van der Waals surface area contributed by atoms with E-state index in [9.17, 15) is 4.79 Å². The molecule has 0 radical (unpaired) electrons. The Kier molecular flexibility index (Phi) is 9.59. The first kappa shape index (κ1) is 22.8. The van der Waals surface area contributed by atoms with E-state index >= 15 is 0 Å². The van der Waals surface area contributed by atoms with Crippen LogP contribution in [-0.2, 0) is 14.3 Å². The van der Waals surface area contributed by atoms with Gasteiger partial charge in [-0.3, -0.25) is 9.78 Å². The lowest BCUT2D eigenvalue weighted by molar-refractivity contribution is -0.125. The summed E-state index contributed by atoms with van der Waals surface area (Å²) in [4.78, 5) is 20.2. The molecule has 1 aliphatic carbocycles. The molecule has 1 fully saturated rings. The molecule has 1 saturated carbocycles. The number of amides is 1. The molecular formula is C21H32N4O4. The normalized spacial score (nSPS) is 18.6. The van der Waals surface area contributed by atoms with E-state index in [1.54, 1.807) is 24.5 Å². The first-order valence-electron chi connectivity index (χ1n) is 10.1. The van der Waals surface area contributed by atoms with E-state index in [2.05, 4.69) is 15.3 Å². The second kappa shape index (κ2) is 12.2.